The van der Waals surface area contributed by atoms with Crippen LogP contribution in [-0.4, -0.2) is 44.5 Å². The third-order valence-electron chi connectivity index (χ3n) is 5.22. The van der Waals surface area contributed by atoms with E-state index in [2.05, 4.69) is 24.9 Å². The summed E-state index contributed by atoms with van der Waals surface area (Å²) in [4.78, 5) is 25.2. The summed E-state index contributed by atoms with van der Waals surface area (Å²) in [5, 5.41) is 9.04. The van der Waals surface area contributed by atoms with Crippen molar-refractivity contribution in [2.75, 3.05) is 19.4 Å². The van der Waals surface area contributed by atoms with Gasteiger partial charge in [0, 0.05) is 24.9 Å². The van der Waals surface area contributed by atoms with Crippen LogP contribution in [0.5, 0.6) is 0 Å². The highest BCUT2D eigenvalue weighted by atomic mass is 35.5. The second-order valence-electron chi connectivity index (χ2n) is 7.28. The lowest BCUT2D eigenvalue weighted by Crippen LogP contribution is -2.32. The van der Waals surface area contributed by atoms with Crippen LogP contribution < -0.4 is 5.32 Å². The molecule has 10 heteroatoms. The first-order valence-corrected chi connectivity index (χ1v) is 11.1. The van der Waals surface area contributed by atoms with Crippen LogP contribution in [0.3, 0.4) is 0 Å². The van der Waals surface area contributed by atoms with Gasteiger partial charge in [-0.1, -0.05) is 16.1 Å². The predicted octanol–water partition coefficient (Wildman–Crippen LogP) is 4.29. The molecule has 7 nitrogen and oxygen atoms in total. The van der Waals surface area contributed by atoms with Gasteiger partial charge in [0.15, 0.2) is 0 Å². The minimum atomic E-state index is 0.0330. The van der Waals surface area contributed by atoms with Crippen molar-refractivity contribution in [2.45, 2.75) is 19.3 Å². The molecule has 0 fully saturated rings. The number of hydrogen-bond acceptors (Lipinski definition) is 8. The molecule has 3 heterocycles. The van der Waals surface area contributed by atoms with Gasteiger partial charge in [-0.3, -0.25) is 4.79 Å². The summed E-state index contributed by atoms with van der Waals surface area (Å²) >= 11 is 9.43. The monoisotopic (exact) mass is 444 g/mol. The van der Waals surface area contributed by atoms with Gasteiger partial charge in [-0.05, 0) is 48.5 Å². The quantitative estimate of drug-likeness (QED) is 0.507. The Morgan fingerprint density at radius 3 is 3.00 bits per heavy atom. The van der Waals surface area contributed by atoms with E-state index in [1.807, 2.05) is 26.2 Å². The standard InChI is InChI=1S/C19H17ClN6OS2/c1-26(2)19(27)9-3-4-10-14(5-9)28-18-16(10)17(21-8-22-18)23-12-7-15-13(6-11(12)20)24-25-29-15/h6-9H,3-5H2,1-2H3,(H,21,22,23)/t9-/m0/s1. The van der Waals surface area contributed by atoms with Crippen molar-refractivity contribution >= 4 is 72.3 Å². The van der Waals surface area contributed by atoms with Crippen molar-refractivity contribution in [1.82, 2.24) is 24.5 Å². The lowest BCUT2D eigenvalue weighted by molar-refractivity contribution is -0.133. The molecule has 29 heavy (non-hydrogen) atoms. The second-order valence-corrected chi connectivity index (χ2v) is 9.55. The number of nitrogens with one attached hydrogen (secondary N) is 1. The number of carbonyl (C=O) groups excluding carboxylic acids is 1. The van der Waals surface area contributed by atoms with Gasteiger partial charge in [0.05, 0.1) is 20.8 Å². The Kier molecular flexibility index (Phi) is 4.60. The number of halogens is 1. The Bertz CT molecular complexity index is 1250. The highest BCUT2D eigenvalue weighted by molar-refractivity contribution is 7.19. The van der Waals surface area contributed by atoms with Crippen molar-refractivity contribution < 1.29 is 4.79 Å². The van der Waals surface area contributed by atoms with Crippen molar-refractivity contribution in [2.24, 2.45) is 5.92 Å². The number of aromatic nitrogens is 4. The minimum absolute atomic E-state index is 0.0330. The first-order valence-electron chi connectivity index (χ1n) is 9.16. The number of rotatable bonds is 3. The van der Waals surface area contributed by atoms with Gasteiger partial charge in [-0.15, -0.1) is 16.4 Å². The molecule has 4 aromatic rings. The van der Waals surface area contributed by atoms with Gasteiger partial charge in [-0.25, -0.2) is 9.97 Å². The summed E-state index contributed by atoms with van der Waals surface area (Å²) in [6.07, 6.45) is 4.00. The number of thiophene rings is 1. The smallest absolute Gasteiger partial charge is 0.225 e. The third kappa shape index (κ3) is 3.23. The van der Waals surface area contributed by atoms with Gasteiger partial charge in [0.2, 0.25) is 5.91 Å². The van der Waals surface area contributed by atoms with Crippen molar-refractivity contribution in [3.8, 4) is 0 Å². The zero-order valence-electron chi connectivity index (χ0n) is 15.8. The number of amides is 1. The van der Waals surface area contributed by atoms with Crippen LogP contribution in [0, 0.1) is 5.92 Å². The first-order chi connectivity index (χ1) is 14.0. The molecular formula is C19H17ClN6OS2. The van der Waals surface area contributed by atoms with Crippen LogP contribution >= 0.6 is 34.5 Å². The second kappa shape index (κ2) is 7.16. The Labute approximate surface area is 179 Å². The number of nitrogens with zero attached hydrogens (tertiary/aromatic N) is 5. The molecule has 1 atom stereocenters. The largest absolute Gasteiger partial charge is 0.349 e. The molecule has 1 amide bonds. The number of anilines is 2. The molecule has 148 valence electrons. The topological polar surface area (TPSA) is 83.9 Å². The molecule has 0 bridgehead atoms. The normalized spacial score (nSPS) is 16.2. The number of benzene rings is 1. The van der Waals surface area contributed by atoms with Crippen LogP contribution in [0.2, 0.25) is 5.02 Å². The maximum Gasteiger partial charge on any atom is 0.225 e. The summed E-state index contributed by atoms with van der Waals surface area (Å²) in [6.45, 7) is 0. The number of aryl methyl sites for hydroxylation is 1. The van der Waals surface area contributed by atoms with Gasteiger partial charge < -0.3 is 10.2 Å². The first kappa shape index (κ1) is 18.7. The fourth-order valence-corrected chi connectivity index (χ4v) is 5.86. The molecule has 1 N–H and O–H groups in total. The minimum Gasteiger partial charge on any atom is -0.349 e. The summed E-state index contributed by atoms with van der Waals surface area (Å²) in [5.74, 6) is 0.963. The molecular weight excluding hydrogens is 428 g/mol. The molecule has 0 radical (unpaired) electrons. The Morgan fingerprint density at radius 1 is 1.31 bits per heavy atom. The van der Waals surface area contributed by atoms with Crippen LogP contribution in [0.4, 0.5) is 11.5 Å². The van der Waals surface area contributed by atoms with E-state index in [1.165, 1.54) is 22.0 Å². The van der Waals surface area contributed by atoms with Crippen LogP contribution in [0.1, 0.15) is 16.9 Å². The van der Waals surface area contributed by atoms with E-state index in [0.717, 1.165) is 51.2 Å². The molecule has 1 aromatic carbocycles. The highest BCUT2D eigenvalue weighted by Crippen LogP contribution is 2.41. The zero-order valence-corrected chi connectivity index (χ0v) is 18.2. The van der Waals surface area contributed by atoms with E-state index in [-0.39, 0.29) is 11.8 Å². The average Bonchev–Trinajstić information content (AvgIpc) is 3.30. The van der Waals surface area contributed by atoms with E-state index in [0.29, 0.717) is 5.02 Å². The van der Waals surface area contributed by atoms with Gasteiger partial charge in [0.1, 0.15) is 22.5 Å². The Morgan fingerprint density at radius 2 is 2.17 bits per heavy atom. The van der Waals surface area contributed by atoms with E-state index in [4.69, 9.17) is 11.6 Å². The molecule has 5 rings (SSSR count). The molecule has 0 spiro atoms. The van der Waals surface area contributed by atoms with Crippen molar-refractivity contribution in [1.29, 1.82) is 0 Å². The van der Waals surface area contributed by atoms with E-state index in [1.54, 1.807) is 22.6 Å². The fraction of sp³-hybridized carbons (Fsp3) is 0.316. The molecule has 0 unspecified atom stereocenters. The van der Waals surface area contributed by atoms with E-state index < -0.39 is 0 Å². The summed E-state index contributed by atoms with van der Waals surface area (Å²) < 4.78 is 4.93. The molecule has 0 saturated heterocycles. The van der Waals surface area contributed by atoms with Gasteiger partial charge >= 0.3 is 0 Å². The fourth-order valence-electron chi connectivity index (χ4n) is 3.81. The SMILES string of the molecule is CN(C)C(=O)[C@H]1CCc2c(sc3ncnc(Nc4cc5snnc5cc4Cl)c23)C1. The average molecular weight is 445 g/mol. The number of hydrogen-bond donors (Lipinski definition) is 1. The molecule has 0 saturated carbocycles. The molecule has 3 aromatic heterocycles. The Hall–Kier alpha value is -2.36. The molecule has 1 aliphatic rings. The van der Waals surface area contributed by atoms with Crippen LogP contribution in [0.25, 0.3) is 20.4 Å². The maximum absolute atomic E-state index is 12.4. The lowest BCUT2D eigenvalue weighted by atomic mass is 9.87. The van der Waals surface area contributed by atoms with Gasteiger partial charge in [0.25, 0.3) is 0 Å². The van der Waals surface area contributed by atoms with Crippen molar-refractivity contribution in [3.63, 3.8) is 0 Å². The lowest BCUT2D eigenvalue weighted by Gasteiger charge is -2.24. The van der Waals surface area contributed by atoms with Crippen molar-refractivity contribution in [3.05, 3.63) is 33.9 Å². The predicted molar refractivity (Wildman–Crippen MR) is 117 cm³/mol. The maximum atomic E-state index is 12.4. The Balaban J connectivity index is 1.54. The molecule has 0 aliphatic heterocycles. The van der Waals surface area contributed by atoms with E-state index >= 15 is 0 Å². The summed E-state index contributed by atoms with van der Waals surface area (Å²) in [7, 11) is 3.63. The number of fused-ring (bicyclic) bond motifs is 4. The summed E-state index contributed by atoms with van der Waals surface area (Å²) in [6, 6.07) is 3.75. The summed E-state index contributed by atoms with van der Waals surface area (Å²) in [5.41, 5.74) is 2.79. The van der Waals surface area contributed by atoms with Crippen LogP contribution in [-0.2, 0) is 17.6 Å². The number of carbonyl (C=O) groups is 1. The van der Waals surface area contributed by atoms with Crippen LogP contribution in [0.15, 0.2) is 18.5 Å². The van der Waals surface area contributed by atoms with E-state index in [9.17, 15) is 4.79 Å². The molecule has 1 aliphatic carbocycles. The third-order valence-corrected chi connectivity index (χ3v) is 7.39. The highest BCUT2D eigenvalue weighted by Gasteiger charge is 2.30. The zero-order chi connectivity index (χ0) is 20.1. The van der Waals surface area contributed by atoms with Gasteiger partial charge in [-0.2, -0.15) is 0 Å².